The number of rotatable bonds is 11. The zero-order chi connectivity index (χ0) is 21.4. The molecule has 0 bridgehead atoms. The van der Waals surface area contributed by atoms with Crippen LogP contribution in [0, 0.1) is 0 Å². The number of hydrogen-bond acceptors (Lipinski definition) is 6. The highest BCUT2D eigenvalue weighted by molar-refractivity contribution is 9.10. The summed E-state index contributed by atoms with van der Waals surface area (Å²) in [5.41, 5.74) is 1.41. The Morgan fingerprint density at radius 3 is 2.76 bits per heavy atom. The van der Waals surface area contributed by atoms with E-state index in [2.05, 4.69) is 45.3 Å². The van der Waals surface area contributed by atoms with Gasteiger partial charge in [-0.15, -0.1) is 0 Å². The summed E-state index contributed by atoms with van der Waals surface area (Å²) in [6.07, 6.45) is 2.05. The Morgan fingerprint density at radius 1 is 1.38 bits per heavy atom. The maximum absolute atomic E-state index is 12.8. The van der Waals surface area contributed by atoms with Gasteiger partial charge in [0.1, 0.15) is 0 Å². The Kier molecular flexibility index (Phi) is 8.92. The molecular formula is C21H28BrN3O3S. The van der Waals surface area contributed by atoms with Crippen molar-refractivity contribution in [2.45, 2.75) is 44.8 Å². The molecule has 0 saturated carbocycles. The largest absolute Gasteiger partial charge is 0.379 e. The van der Waals surface area contributed by atoms with Gasteiger partial charge in [0.2, 0.25) is 5.89 Å². The third-order valence-corrected chi connectivity index (χ3v) is 4.85. The average Bonchev–Trinajstić information content (AvgIpc) is 3.14. The van der Waals surface area contributed by atoms with E-state index in [0.29, 0.717) is 49.9 Å². The van der Waals surface area contributed by atoms with Crippen LogP contribution in [0.25, 0.3) is 0 Å². The van der Waals surface area contributed by atoms with Crippen LogP contribution in [-0.4, -0.2) is 35.8 Å². The fourth-order valence-electron chi connectivity index (χ4n) is 2.61. The fourth-order valence-corrected chi connectivity index (χ4v) is 3.09. The molecule has 0 atom stereocenters. The third kappa shape index (κ3) is 7.28. The number of benzene rings is 1. The van der Waals surface area contributed by atoms with E-state index in [1.807, 2.05) is 45.0 Å². The number of aromatic nitrogens is 2. The van der Waals surface area contributed by atoms with Crippen molar-refractivity contribution in [1.82, 2.24) is 10.1 Å². The Hall–Kier alpha value is -1.64. The fraction of sp³-hybridized carbons (Fsp3) is 0.476. The van der Waals surface area contributed by atoms with Gasteiger partial charge in [-0.25, -0.2) is 0 Å². The number of amides is 1. The van der Waals surface area contributed by atoms with E-state index in [0.717, 1.165) is 16.6 Å². The minimum atomic E-state index is -0.450. The number of ether oxygens (including phenoxy) is 1. The summed E-state index contributed by atoms with van der Waals surface area (Å²) in [5.74, 6) is 0.987. The topological polar surface area (TPSA) is 68.5 Å². The van der Waals surface area contributed by atoms with Gasteiger partial charge >= 0.3 is 0 Å². The minimum absolute atomic E-state index is 0.0777. The van der Waals surface area contributed by atoms with Crippen LogP contribution < -0.4 is 4.90 Å². The smallest absolute Gasteiger partial charge is 0.253 e. The first-order valence-electron chi connectivity index (χ1n) is 9.60. The second-order valence-electron chi connectivity index (χ2n) is 7.22. The van der Waals surface area contributed by atoms with Crippen molar-refractivity contribution in [3.8, 4) is 0 Å². The first-order chi connectivity index (χ1) is 13.7. The first-order valence-corrected chi connectivity index (χ1v) is 10.8. The molecule has 6 nitrogen and oxygen atoms in total. The van der Waals surface area contributed by atoms with Crippen LogP contribution >= 0.6 is 28.6 Å². The molecule has 2 aromatic rings. The van der Waals surface area contributed by atoms with Crippen molar-refractivity contribution in [2.24, 2.45) is 0 Å². The normalized spacial score (nSPS) is 11.5. The van der Waals surface area contributed by atoms with E-state index in [1.165, 1.54) is 0 Å². The quantitative estimate of drug-likeness (QED) is 0.279. The molecule has 0 aliphatic rings. The maximum atomic E-state index is 12.8. The van der Waals surface area contributed by atoms with Gasteiger partial charge in [0, 0.05) is 22.3 Å². The lowest BCUT2D eigenvalue weighted by atomic mass is 10.1. The van der Waals surface area contributed by atoms with Crippen molar-refractivity contribution >= 4 is 40.2 Å². The Labute approximate surface area is 186 Å². The van der Waals surface area contributed by atoms with Crippen LogP contribution in [0.4, 0.5) is 5.69 Å². The molecular weight excluding hydrogens is 454 g/mol. The molecule has 1 amide bonds. The average molecular weight is 482 g/mol. The standard InChI is InChI=1S/C21H28BrN3O3S/c1-5-7-15(2)19(26)25(17-9-6-8-16(22)14-17)11-13-27-12-10-18-23-20(24-28-18)21(3,4)29/h6,8-9,14,29H,2,5,7,10-13H2,1,3-4H3. The summed E-state index contributed by atoms with van der Waals surface area (Å²) in [7, 11) is 0. The summed E-state index contributed by atoms with van der Waals surface area (Å²) in [5, 5.41) is 3.94. The van der Waals surface area contributed by atoms with Crippen LogP contribution in [0.5, 0.6) is 0 Å². The maximum Gasteiger partial charge on any atom is 0.253 e. The van der Waals surface area contributed by atoms with E-state index in [4.69, 9.17) is 9.26 Å². The number of carbonyl (C=O) groups is 1. The van der Waals surface area contributed by atoms with E-state index in [-0.39, 0.29) is 5.91 Å². The highest BCUT2D eigenvalue weighted by Gasteiger charge is 2.22. The van der Waals surface area contributed by atoms with Crippen LogP contribution in [0.15, 0.2) is 45.4 Å². The monoisotopic (exact) mass is 481 g/mol. The van der Waals surface area contributed by atoms with Gasteiger partial charge in [-0.3, -0.25) is 4.79 Å². The van der Waals surface area contributed by atoms with Crippen LogP contribution in [0.1, 0.15) is 45.3 Å². The van der Waals surface area contributed by atoms with Crippen molar-refractivity contribution in [3.05, 3.63) is 52.6 Å². The lowest BCUT2D eigenvalue weighted by Crippen LogP contribution is -2.35. The van der Waals surface area contributed by atoms with Gasteiger partial charge in [0.05, 0.1) is 24.4 Å². The number of anilines is 1. The molecule has 1 heterocycles. The molecule has 0 aliphatic carbocycles. The number of thiol groups is 1. The third-order valence-electron chi connectivity index (χ3n) is 4.15. The highest BCUT2D eigenvalue weighted by Crippen LogP contribution is 2.24. The lowest BCUT2D eigenvalue weighted by Gasteiger charge is -2.24. The van der Waals surface area contributed by atoms with Crippen molar-refractivity contribution < 1.29 is 14.1 Å². The summed E-state index contributed by atoms with van der Waals surface area (Å²) in [4.78, 5) is 18.9. The van der Waals surface area contributed by atoms with Gasteiger partial charge in [-0.1, -0.05) is 47.1 Å². The molecule has 1 aromatic carbocycles. The van der Waals surface area contributed by atoms with Crippen LogP contribution in [-0.2, 0) is 20.7 Å². The Morgan fingerprint density at radius 2 is 2.14 bits per heavy atom. The van der Waals surface area contributed by atoms with Crippen molar-refractivity contribution in [2.75, 3.05) is 24.7 Å². The number of halogens is 1. The molecule has 29 heavy (non-hydrogen) atoms. The summed E-state index contributed by atoms with van der Waals surface area (Å²) >= 11 is 7.89. The van der Waals surface area contributed by atoms with Gasteiger partial charge in [-0.2, -0.15) is 17.6 Å². The predicted octanol–water partition coefficient (Wildman–Crippen LogP) is 4.95. The van der Waals surface area contributed by atoms with Gasteiger partial charge < -0.3 is 14.2 Å². The summed E-state index contributed by atoms with van der Waals surface area (Å²) in [6, 6.07) is 7.64. The molecule has 1 aromatic heterocycles. The second kappa shape index (κ2) is 10.9. The number of hydrogen-bond donors (Lipinski definition) is 1. The SMILES string of the molecule is C=C(CCC)C(=O)N(CCOCCc1nc(C(C)(C)S)no1)c1cccc(Br)c1. The number of carbonyl (C=O) groups excluding carboxylic acids is 1. The zero-order valence-electron chi connectivity index (χ0n) is 17.2. The number of nitrogens with zero attached hydrogens (tertiary/aromatic N) is 3. The molecule has 2 rings (SSSR count). The summed E-state index contributed by atoms with van der Waals surface area (Å²) < 4.78 is 11.4. The van der Waals surface area contributed by atoms with E-state index < -0.39 is 4.75 Å². The Balaban J connectivity index is 1.91. The molecule has 0 fully saturated rings. The zero-order valence-corrected chi connectivity index (χ0v) is 19.6. The van der Waals surface area contributed by atoms with Crippen molar-refractivity contribution in [3.63, 3.8) is 0 Å². The van der Waals surface area contributed by atoms with Crippen molar-refractivity contribution in [1.29, 1.82) is 0 Å². The van der Waals surface area contributed by atoms with E-state index in [9.17, 15) is 4.79 Å². The van der Waals surface area contributed by atoms with E-state index in [1.54, 1.807) is 4.90 Å². The van der Waals surface area contributed by atoms with Crippen LogP contribution in [0.3, 0.4) is 0 Å². The predicted molar refractivity (Wildman–Crippen MR) is 121 cm³/mol. The van der Waals surface area contributed by atoms with Gasteiger partial charge in [-0.05, 0) is 38.5 Å². The molecule has 0 N–H and O–H groups in total. The van der Waals surface area contributed by atoms with Gasteiger partial charge in [0.25, 0.3) is 5.91 Å². The lowest BCUT2D eigenvalue weighted by molar-refractivity contribution is -0.115. The summed E-state index contributed by atoms with van der Waals surface area (Å²) in [6.45, 7) is 11.0. The first kappa shape index (κ1) is 23.6. The van der Waals surface area contributed by atoms with Gasteiger partial charge in [0.15, 0.2) is 5.82 Å². The molecule has 0 spiro atoms. The Bertz CT molecular complexity index is 833. The highest BCUT2D eigenvalue weighted by atomic mass is 79.9. The molecule has 0 aliphatic heterocycles. The second-order valence-corrected chi connectivity index (χ2v) is 9.26. The molecule has 0 radical (unpaired) electrons. The molecule has 0 unspecified atom stereocenters. The minimum Gasteiger partial charge on any atom is -0.379 e. The van der Waals surface area contributed by atoms with E-state index >= 15 is 0 Å². The molecule has 8 heteroatoms. The van der Waals surface area contributed by atoms with Crippen LogP contribution in [0.2, 0.25) is 0 Å². The molecule has 0 saturated heterocycles. The molecule has 158 valence electrons.